The fourth-order valence-corrected chi connectivity index (χ4v) is 2.88. The van der Waals surface area contributed by atoms with Gasteiger partial charge in [-0.15, -0.1) is 0 Å². The van der Waals surface area contributed by atoms with Crippen molar-refractivity contribution in [2.45, 2.75) is 26.2 Å². The highest BCUT2D eigenvalue weighted by atomic mass is 16.8. The minimum atomic E-state index is -0.227. The highest BCUT2D eigenvalue weighted by Gasteiger charge is 2.43. The summed E-state index contributed by atoms with van der Waals surface area (Å²) in [6.07, 6.45) is -0.345. The molecule has 2 fully saturated rings. The van der Waals surface area contributed by atoms with Gasteiger partial charge in [0.2, 0.25) is 0 Å². The lowest BCUT2D eigenvalue weighted by atomic mass is 10.0. The maximum atomic E-state index is 12.8. The van der Waals surface area contributed by atoms with Gasteiger partial charge in [0, 0.05) is 31.3 Å². The molecule has 3 rings (SSSR count). The van der Waals surface area contributed by atoms with E-state index in [0.29, 0.717) is 44.2 Å². The van der Waals surface area contributed by atoms with Crippen LogP contribution in [-0.2, 0) is 14.2 Å². The van der Waals surface area contributed by atoms with Crippen molar-refractivity contribution in [3.63, 3.8) is 0 Å². The third-order valence-corrected chi connectivity index (χ3v) is 4.18. The Labute approximate surface area is 136 Å². The van der Waals surface area contributed by atoms with Gasteiger partial charge in [0.05, 0.1) is 19.8 Å². The summed E-state index contributed by atoms with van der Waals surface area (Å²) in [6.45, 7) is 6.83. The van der Waals surface area contributed by atoms with Crippen molar-refractivity contribution in [1.29, 1.82) is 0 Å². The Bertz CT molecular complexity index is 583. The molecule has 0 spiro atoms. The van der Waals surface area contributed by atoms with Crippen molar-refractivity contribution in [1.82, 2.24) is 4.90 Å². The fraction of sp³-hybridized carbons (Fsp3) is 0.588. The summed E-state index contributed by atoms with van der Waals surface area (Å²) in [7, 11) is 1.62. The monoisotopic (exact) mass is 321 g/mol. The Balaban J connectivity index is 1.88. The van der Waals surface area contributed by atoms with E-state index in [-0.39, 0.29) is 18.3 Å². The molecule has 2 aliphatic rings. The molecule has 2 unspecified atom stereocenters. The summed E-state index contributed by atoms with van der Waals surface area (Å²) in [5.41, 5.74) is 2.54. The molecule has 2 aliphatic heterocycles. The number of carbonyl (C=O) groups is 1. The van der Waals surface area contributed by atoms with E-state index in [9.17, 15) is 4.79 Å². The van der Waals surface area contributed by atoms with Crippen molar-refractivity contribution in [3.05, 3.63) is 28.8 Å². The van der Waals surface area contributed by atoms with Crippen LogP contribution in [0.15, 0.2) is 12.1 Å². The zero-order chi connectivity index (χ0) is 16.4. The lowest BCUT2D eigenvalue weighted by Crippen LogP contribution is -2.41. The largest absolute Gasteiger partial charge is 0.493 e. The average Bonchev–Trinajstić information content (AvgIpc) is 3.36. The first-order valence-electron chi connectivity index (χ1n) is 7.98. The number of hydrogen-bond donors (Lipinski definition) is 0. The van der Waals surface area contributed by atoms with Crippen LogP contribution in [-0.4, -0.2) is 57.1 Å². The third kappa shape index (κ3) is 3.34. The summed E-state index contributed by atoms with van der Waals surface area (Å²) in [5, 5.41) is 0. The molecule has 0 bridgehead atoms. The van der Waals surface area contributed by atoms with Crippen LogP contribution in [0.2, 0.25) is 0 Å². The highest BCUT2D eigenvalue weighted by molar-refractivity contribution is 5.96. The molecule has 0 saturated carbocycles. The Hall–Kier alpha value is -1.63. The number of epoxide rings is 1. The lowest BCUT2D eigenvalue weighted by Gasteiger charge is -2.27. The molecule has 0 aliphatic carbocycles. The molecular formula is C17H23NO5. The van der Waals surface area contributed by atoms with Gasteiger partial charge in [0.15, 0.2) is 6.29 Å². The average molecular weight is 321 g/mol. The van der Waals surface area contributed by atoms with Crippen LogP contribution in [0.25, 0.3) is 0 Å². The Morgan fingerprint density at radius 3 is 2.70 bits per heavy atom. The number of morpholine rings is 1. The second kappa shape index (κ2) is 6.86. The first-order valence-corrected chi connectivity index (χ1v) is 7.98. The van der Waals surface area contributed by atoms with Crippen molar-refractivity contribution < 1.29 is 23.7 Å². The van der Waals surface area contributed by atoms with E-state index >= 15 is 0 Å². The van der Waals surface area contributed by atoms with Gasteiger partial charge in [-0.2, -0.15) is 0 Å². The van der Waals surface area contributed by atoms with Gasteiger partial charge < -0.3 is 23.8 Å². The number of benzene rings is 1. The van der Waals surface area contributed by atoms with Crippen molar-refractivity contribution in [2.24, 2.45) is 0 Å². The topological polar surface area (TPSA) is 60.5 Å². The molecule has 0 radical (unpaired) electrons. The van der Waals surface area contributed by atoms with Gasteiger partial charge in [0.1, 0.15) is 11.9 Å². The van der Waals surface area contributed by atoms with E-state index in [1.165, 1.54) is 0 Å². The summed E-state index contributed by atoms with van der Waals surface area (Å²) in [4.78, 5) is 14.6. The first-order chi connectivity index (χ1) is 11.2. The normalized spacial score (nSPS) is 23.7. The molecule has 0 N–H and O–H groups in total. The Morgan fingerprint density at radius 1 is 1.35 bits per heavy atom. The van der Waals surface area contributed by atoms with Crippen LogP contribution in [0.5, 0.6) is 5.75 Å². The van der Waals surface area contributed by atoms with Crippen LogP contribution in [0.3, 0.4) is 0 Å². The van der Waals surface area contributed by atoms with Gasteiger partial charge >= 0.3 is 0 Å². The number of aryl methyl sites for hydroxylation is 1. The molecule has 1 amide bonds. The van der Waals surface area contributed by atoms with Crippen molar-refractivity contribution in [3.8, 4) is 5.75 Å². The quantitative estimate of drug-likeness (QED) is 0.775. The number of amides is 1. The lowest BCUT2D eigenvalue weighted by molar-refractivity contribution is 0.0302. The van der Waals surface area contributed by atoms with E-state index in [1.54, 1.807) is 7.11 Å². The van der Waals surface area contributed by atoms with Crippen LogP contribution in [0, 0.1) is 6.92 Å². The summed E-state index contributed by atoms with van der Waals surface area (Å²) >= 11 is 0. The molecule has 1 aromatic rings. The molecule has 6 heteroatoms. The standard InChI is InChI=1S/C17H23NO5/c1-4-22-14-10-12(16(19)18-5-7-21-8-6-18)11(2)9-13(14)15-17(20-3)23-15/h9-10,15,17H,4-8H2,1-3H3. The van der Waals surface area contributed by atoms with Crippen LogP contribution < -0.4 is 4.74 Å². The number of rotatable bonds is 5. The van der Waals surface area contributed by atoms with Crippen LogP contribution >= 0.6 is 0 Å². The highest BCUT2D eigenvalue weighted by Crippen LogP contribution is 2.44. The van der Waals surface area contributed by atoms with E-state index in [1.807, 2.05) is 30.9 Å². The van der Waals surface area contributed by atoms with Gasteiger partial charge in [-0.05, 0) is 31.5 Å². The van der Waals surface area contributed by atoms with E-state index in [2.05, 4.69) is 0 Å². The van der Waals surface area contributed by atoms with Gasteiger partial charge in [-0.25, -0.2) is 0 Å². The number of carbonyl (C=O) groups excluding carboxylic acids is 1. The van der Waals surface area contributed by atoms with E-state index in [4.69, 9.17) is 18.9 Å². The third-order valence-electron chi connectivity index (χ3n) is 4.18. The summed E-state index contributed by atoms with van der Waals surface area (Å²) < 4.78 is 21.7. The maximum absolute atomic E-state index is 12.8. The molecular weight excluding hydrogens is 298 g/mol. The zero-order valence-electron chi connectivity index (χ0n) is 13.8. The van der Waals surface area contributed by atoms with Gasteiger partial charge in [-0.1, -0.05) is 0 Å². The summed E-state index contributed by atoms with van der Waals surface area (Å²) in [5.74, 6) is 0.720. The number of hydrogen-bond acceptors (Lipinski definition) is 5. The number of ether oxygens (including phenoxy) is 4. The van der Waals surface area contributed by atoms with Crippen molar-refractivity contribution >= 4 is 5.91 Å². The number of nitrogens with zero attached hydrogens (tertiary/aromatic N) is 1. The van der Waals surface area contributed by atoms with Gasteiger partial charge in [-0.3, -0.25) is 4.79 Å². The Morgan fingerprint density at radius 2 is 2.09 bits per heavy atom. The molecule has 6 nitrogen and oxygen atoms in total. The molecule has 23 heavy (non-hydrogen) atoms. The SMILES string of the molecule is CCOc1cc(C(=O)N2CCOCC2)c(C)cc1C1OC1OC. The fourth-order valence-electron chi connectivity index (χ4n) is 2.88. The summed E-state index contributed by atoms with van der Waals surface area (Å²) in [6, 6.07) is 3.81. The molecule has 2 heterocycles. The molecule has 1 aromatic carbocycles. The van der Waals surface area contributed by atoms with Crippen LogP contribution in [0.1, 0.15) is 34.5 Å². The minimum absolute atomic E-state index is 0.0262. The van der Waals surface area contributed by atoms with Gasteiger partial charge in [0.25, 0.3) is 5.91 Å². The number of methoxy groups -OCH3 is 1. The smallest absolute Gasteiger partial charge is 0.254 e. The zero-order valence-corrected chi connectivity index (χ0v) is 13.8. The Kier molecular flexibility index (Phi) is 4.84. The minimum Gasteiger partial charge on any atom is -0.493 e. The maximum Gasteiger partial charge on any atom is 0.254 e. The molecule has 126 valence electrons. The predicted molar refractivity (Wildman–Crippen MR) is 83.7 cm³/mol. The van der Waals surface area contributed by atoms with E-state index < -0.39 is 0 Å². The molecule has 2 saturated heterocycles. The van der Waals surface area contributed by atoms with Crippen molar-refractivity contribution in [2.75, 3.05) is 40.0 Å². The molecule has 0 aromatic heterocycles. The van der Waals surface area contributed by atoms with E-state index in [0.717, 1.165) is 11.1 Å². The second-order valence-corrected chi connectivity index (χ2v) is 5.70. The second-order valence-electron chi connectivity index (χ2n) is 5.70. The molecule has 2 atom stereocenters. The predicted octanol–water partition coefficient (Wildman–Crippen LogP) is 1.91. The first kappa shape index (κ1) is 16.2. The van der Waals surface area contributed by atoms with Crippen LogP contribution in [0.4, 0.5) is 0 Å².